The van der Waals surface area contributed by atoms with Crippen LogP contribution in [0.15, 0.2) is 58.3 Å². The predicted octanol–water partition coefficient (Wildman–Crippen LogP) is 4.38. The number of carbonyl (C=O) groups excluding carboxylic acids is 1. The van der Waals surface area contributed by atoms with Crippen LogP contribution >= 0.6 is 11.8 Å². The van der Waals surface area contributed by atoms with E-state index in [0.29, 0.717) is 24.6 Å². The van der Waals surface area contributed by atoms with E-state index in [1.807, 2.05) is 13.2 Å². The molecule has 0 spiro atoms. The molecule has 0 unspecified atom stereocenters. The molecule has 1 saturated heterocycles. The molecule has 0 atom stereocenters. The summed E-state index contributed by atoms with van der Waals surface area (Å²) in [4.78, 5) is 16.5. The summed E-state index contributed by atoms with van der Waals surface area (Å²) in [5.41, 5.74) is 0.350. The molecule has 3 rings (SSSR count). The van der Waals surface area contributed by atoms with Crippen molar-refractivity contribution in [1.29, 1.82) is 0 Å². The van der Waals surface area contributed by atoms with Crippen LogP contribution in [-0.2, 0) is 14.8 Å². The second-order valence-electron chi connectivity index (χ2n) is 8.55. The van der Waals surface area contributed by atoms with Crippen molar-refractivity contribution in [2.75, 3.05) is 49.9 Å². The molecule has 1 aliphatic heterocycles. The summed E-state index contributed by atoms with van der Waals surface area (Å²) in [7, 11) is -3.99. The molecule has 0 saturated carbocycles. The number of likely N-dealkylation sites (tertiary alicyclic amines) is 1. The first-order valence-electron chi connectivity index (χ1n) is 12.3. The third kappa shape index (κ3) is 7.88. The van der Waals surface area contributed by atoms with E-state index in [0.717, 1.165) is 35.3 Å². The van der Waals surface area contributed by atoms with Gasteiger partial charge in [0.25, 0.3) is 10.0 Å². The van der Waals surface area contributed by atoms with Crippen LogP contribution < -0.4 is 14.4 Å². The molecule has 0 bridgehead atoms. The van der Waals surface area contributed by atoms with E-state index in [2.05, 4.69) is 10.2 Å². The third-order valence-corrected chi connectivity index (χ3v) is 8.56. The van der Waals surface area contributed by atoms with Gasteiger partial charge in [0.15, 0.2) is 0 Å². The highest BCUT2D eigenvalue weighted by atomic mass is 32.2. The summed E-state index contributed by atoms with van der Waals surface area (Å²) in [6.45, 7) is 5.59. The van der Waals surface area contributed by atoms with Crippen molar-refractivity contribution in [3.8, 4) is 5.75 Å². The normalized spacial score (nSPS) is 14.8. The number of sulfonamides is 1. The van der Waals surface area contributed by atoms with Gasteiger partial charge in [0.2, 0.25) is 5.91 Å². The average Bonchev–Trinajstić information content (AvgIpc) is 3.15. The van der Waals surface area contributed by atoms with Gasteiger partial charge in [-0.15, -0.1) is 11.8 Å². The highest BCUT2D eigenvalue weighted by Crippen LogP contribution is 2.32. The molecular formula is C26H37N3O4S2. The molecule has 1 heterocycles. The van der Waals surface area contributed by atoms with Crippen LogP contribution in [0.4, 0.5) is 5.69 Å². The van der Waals surface area contributed by atoms with E-state index < -0.39 is 10.0 Å². The topological polar surface area (TPSA) is 79.0 Å². The number of nitrogens with zero attached hydrogens (tertiary/aromatic N) is 2. The minimum absolute atomic E-state index is 0.135. The van der Waals surface area contributed by atoms with Gasteiger partial charge in [-0.3, -0.25) is 9.10 Å². The Morgan fingerprint density at radius 3 is 2.40 bits per heavy atom. The number of hydrogen-bond donors (Lipinski definition) is 1. The molecule has 192 valence electrons. The van der Waals surface area contributed by atoms with E-state index in [1.165, 1.54) is 37.4 Å². The lowest BCUT2D eigenvalue weighted by molar-refractivity contribution is -0.119. The summed E-state index contributed by atoms with van der Waals surface area (Å²) >= 11 is 1.54. The van der Waals surface area contributed by atoms with Crippen LogP contribution in [0, 0.1) is 0 Å². The molecule has 2 aromatic carbocycles. The van der Waals surface area contributed by atoms with Gasteiger partial charge in [0.1, 0.15) is 12.3 Å². The largest absolute Gasteiger partial charge is 0.492 e. The van der Waals surface area contributed by atoms with Crippen molar-refractivity contribution in [2.24, 2.45) is 0 Å². The van der Waals surface area contributed by atoms with Gasteiger partial charge in [0, 0.05) is 11.4 Å². The average molecular weight is 520 g/mol. The Morgan fingerprint density at radius 1 is 1.06 bits per heavy atom. The number of para-hydroxylation sites is 2. The van der Waals surface area contributed by atoms with Crippen molar-refractivity contribution in [3.63, 3.8) is 0 Å². The zero-order valence-corrected chi connectivity index (χ0v) is 22.4. The first-order valence-corrected chi connectivity index (χ1v) is 15.0. The van der Waals surface area contributed by atoms with Gasteiger partial charge >= 0.3 is 0 Å². The molecule has 0 aromatic heterocycles. The molecule has 0 aliphatic carbocycles. The maximum Gasteiger partial charge on any atom is 0.264 e. The number of benzene rings is 2. The highest BCUT2D eigenvalue weighted by molar-refractivity contribution is 7.98. The second kappa shape index (κ2) is 13.8. The summed E-state index contributed by atoms with van der Waals surface area (Å²) in [5.74, 6) is 0.0877. The minimum Gasteiger partial charge on any atom is -0.492 e. The first kappa shape index (κ1) is 27.4. The van der Waals surface area contributed by atoms with Crippen LogP contribution in [0.5, 0.6) is 5.75 Å². The first-order chi connectivity index (χ1) is 17.0. The third-order valence-electron chi connectivity index (χ3n) is 6.04. The lowest BCUT2D eigenvalue weighted by atomic mass is 10.2. The van der Waals surface area contributed by atoms with E-state index >= 15 is 0 Å². The fourth-order valence-electron chi connectivity index (χ4n) is 4.19. The van der Waals surface area contributed by atoms with Crippen LogP contribution in [0.2, 0.25) is 0 Å². The van der Waals surface area contributed by atoms with Gasteiger partial charge in [0.05, 0.1) is 17.2 Å². The maximum atomic E-state index is 13.7. The number of thioether (sulfide) groups is 1. The Bertz CT molecular complexity index is 1040. The van der Waals surface area contributed by atoms with E-state index in [-0.39, 0.29) is 17.3 Å². The second-order valence-corrected chi connectivity index (χ2v) is 11.3. The van der Waals surface area contributed by atoms with Gasteiger partial charge < -0.3 is 15.0 Å². The lowest BCUT2D eigenvalue weighted by Crippen LogP contribution is -2.41. The van der Waals surface area contributed by atoms with Gasteiger partial charge in [-0.1, -0.05) is 25.0 Å². The molecule has 7 nitrogen and oxygen atoms in total. The SMILES string of the molecule is CCOc1ccccc1N(CC(=O)NCCCN1CCCCCC1)S(=O)(=O)c1ccc(SC)cc1. The van der Waals surface area contributed by atoms with E-state index in [4.69, 9.17) is 4.74 Å². The molecule has 1 amide bonds. The highest BCUT2D eigenvalue weighted by Gasteiger charge is 2.29. The number of rotatable bonds is 12. The van der Waals surface area contributed by atoms with Gasteiger partial charge in [-0.05, 0) is 88.5 Å². The molecule has 0 radical (unpaired) electrons. The lowest BCUT2D eigenvalue weighted by Gasteiger charge is -2.26. The van der Waals surface area contributed by atoms with E-state index in [9.17, 15) is 13.2 Å². The van der Waals surface area contributed by atoms with Crippen LogP contribution in [0.25, 0.3) is 0 Å². The molecule has 35 heavy (non-hydrogen) atoms. The smallest absolute Gasteiger partial charge is 0.264 e. The number of hydrogen-bond acceptors (Lipinski definition) is 6. The Hall–Kier alpha value is -2.23. The van der Waals surface area contributed by atoms with Gasteiger partial charge in [-0.25, -0.2) is 8.42 Å². The fraction of sp³-hybridized carbons (Fsp3) is 0.500. The number of ether oxygens (including phenoxy) is 1. The van der Waals surface area contributed by atoms with Crippen molar-refractivity contribution >= 4 is 33.4 Å². The summed E-state index contributed by atoms with van der Waals surface area (Å²) in [6, 6.07) is 13.6. The molecule has 9 heteroatoms. The van der Waals surface area contributed by atoms with Crippen LogP contribution in [0.3, 0.4) is 0 Å². The monoisotopic (exact) mass is 519 g/mol. The summed E-state index contributed by atoms with van der Waals surface area (Å²) in [6.07, 6.45) is 7.82. The summed E-state index contributed by atoms with van der Waals surface area (Å²) < 4.78 is 34.2. The summed E-state index contributed by atoms with van der Waals surface area (Å²) in [5, 5.41) is 2.92. The van der Waals surface area contributed by atoms with Crippen molar-refractivity contribution < 1.29 is 17.9 Å². The van der Waals surface area contributed by atoms with E-state index in [1.54, 1.807) is 48.5 Å². The van der Waals surface area contributed by atoms with Crippen molar-refractivity contribution in [1.82, 2.24) is 10.2 Å². The zero-order valence-electron chi connectivity index (χ0n) is 20.7. The molecule has 2 aromatic rings. The number of amides is 1. The minimum atomic E-state index is -3.99. The Morgan fingerprint density at radius 2 is 1.74 bits per heavy atom. The van der Waals surface area contributed by atoms with Gasteiger partial charge in [-0.2, -0.15) is 0 Å². The Kier molecular flexibility index (Phi) is 10.7. The van der Waals surface area contributed by atoms with Crippen molar-refractivity contribution in [2.45, 2.75) is 48.8 Å². The molecule has 1 aliphatic rings. The van der Waals surface area contributed by atoms with Crippen LogP contribution in [0.1, 0.15) is 39.0 Å². The number of anilines is 1. The molecule has 1 N–H and O–H groups in total. The molecular weight excluding hydrogens is 482 g/mol. The predicted molar refractivity (Wildman–Crippen MR) is 143 cm³/mol. The Balaban J connectivity index is 1.73. The van der Waals surface area contributed by atoms with Crippen LogP contribution in [-0.4, -0.2) is 64.8 Å². The quantitative estimate of drug-likeness (QED) is 0.331. The zero-order chi connectivity index (χ0) is 25.1. The maximum absolute atomic E-state index is 13.7. The fourth-order valence-corrected chi connectivity index (χ4v) is 6.03. The molecule has 1 fully saturated rings. The standard InChI is InChI=1S/C26H37N3O4S2/c1-3-33-25-12-7-6-11-24(25)29(35(31,32)23-15-13-22(34-2)14-16-23)21-26(30)27-17-10-20-28-18-8-4-5-9-19-28/h6-7,11-16H,3-5,8-10,17-21H2,1-2H3,(H,27,30). The Labute approximate surface area is 214 Å². The van der Waals surface area contributed by atoms with Crippen molar-refractivity contribution in [3.05, 3.63) is 48.5 Å². The number of carbonyl (C=O) groups is 1. The number of nitrogens with one attached hydrogen (secondary N) is 1.